The molecule has 152 valence electrons. The minimum absolute atomic E-state index is 0.00481. The van der Waals surface area contributed by atoms with Gasteiger partial charge in [0.2, 0.25) is 5.91 Å². The molecule has 0 radical (unpaired) electrons. The summed E-state index contributed by atoms with van der Waals surface area (Å²) in [5.74, 6) is -1.95. The van der Waals surface area contributed by atoms with E-state index in [1.165, 1.54) is 0 Å². The highest BCUT2D eigenvalue weighted by molar-refractivity contribution is 5.95. The molecular weight excluding hydrogens is 374 g/mol. The van der Waals surface area contributed by atoms with Crippen molar-refractivity contribution in [1.29, 1.82) is 0 Å². The lowest BCUT2D eigenvalue weighted by atomic mass is 10.2. The lowest BCUT2D eigenvalue weighted by Crippen LogP contribution is -2.43. The third-order valence-electron chi connectivity index (χ3n) is 3.92. The second-order valence-electron chi connectivity index (χ2n) is 6.25. The van der Waals surface area contributed by atoms with Crippen LogP contribution in [0.15, 0.2) is 54.6 Å². The molecule has 0 fully saturated rings. The molecule has 29 heavy (non-hydrogen) atoms. The van der Waals surface area contributed by atoms with Gasteiger partial charge in [0.05, 0.1) is 0 Å². The standard InChI is InChI=1S/C21H23N3O5/c1-15-8-5-6-11-17(15)22-18(25)12-7-13-20(27)29-14-19(26)23-24-21(28)16-9-3-2-4-10-16/h2-6,8-11H,7,12-14H2,1H3,(H,22,25)(H,23,26)(H,24,28). The lowest BCUT2D eigenvalue weighted by Gasteiger charge is -2.09. The topological polar surface area (TPSA) is 114 Å². The molecule has 8 heteroatoms. The molecule has 0 unspecified atom stereocenters. The van der Waals surface area contributed by atoms with E-state index in [4.69, 9.17) is 4.74 Å². The lowest BCUT2D eigenvalue weighted by molar-refractivity contribution is -0.148. The van der Waals surface area contributed by atoms with E-state index in [9.17, 15) is 19.2 Å². The van der Waals surface area contributed by atoms with E-state index >= 15 is 0 Å². The van der Waals surface area contributed by atoms with Crippen molar-refractivity contribution in [3.05, 3.63) is 65.7 Å². The largest absolute Gasteiger partial charge is 0.455 e. The van der Waals surface area contributed by atoms with Crippen LogP contribution in [0.25, 0.3) is 0 Å². The summed E-state index contributed by atoms with van der Waals surface area (Å²) >= 11 is 0. The summed E-state index contributed by atoms with van der Waals surface area (Å²) in [5, 5.41) is 2.78. The molecule has 0 bridgehead atoms. The first kappa shape index (κ1) is 21.6. The zero-order valence-electron chi connectivity index (χ0n) is 16.1. The number of hydrogen-bond donors (Lipinski definition) is 3. The maximum absolute atomic E-state index is 11.9. The number of hydrogen-bond acceptors (Lipinski definition) is 5. The fourth-order valence-corrected chi connectivity index (χ4v) is 2.36. The van der Waals surface area contributed by atoms with Crippen molar-refractivity contribution < 1.29 is 23.9 Å². The number of carbonyl (C=O) groups excluding carboxylic acids is 4. The number of aryl methyl sites for hydroxylation is 1. The summed E-state index contributed by atoms with van der Waals surface area (Å²) in [6.45, 7) is 1.36. The number of rotatable bonds is 8. The normalized spacial score (nSPS) is 9.97. The summed E-state index contributed by atoms with van der Waals surface area (Å²) in [5.41, 5.74) is 6.45. The quantitative estimate of drug-likeness (QED) is 0.466. The Morgan fingerprint density at radius 2 is 1.52 bits per heavy atom. The second-order valence-corrected chi connectivity index (χ2v) is 6.25. The molecule has 2 aromatic carbocycles. The van der Waals surface area contributed by atoms with E-state index < -0.39 is 24.4 Å². The van der Waals surface area contributed by atoms with E-state index in [1.807, 2.05) is 25.1 Å². The van der Waals surface area contributed by atoms with Gasteiger partial charge in [-0.25, -0.2) is 0 Å². The van der Waals surface area contributed by atoms with Crippen LogP contribution in [0.1, 0.15) is 35.2 Å². The zero-order chi connectivity index (χ0) is 21.1. The molecule has 0 aliphatic heterocycles. The number of amides is 3. The van der Waals surface area contributed by atoms with Crippen LogP contribution in [0, 0.1) is 6.92 Å². The highest BCUT2D eigenvalue weighted by atomic mass is 16.5. The van der Waals surface area contributed by atoms with Crippen molar-refractivity contribution in [1.82, 2.24) is 10.9 Å². The van der Waals surface area contributed by atoms with Crippen molar-refractivity contribution in [3.63, 3.8) is 0 Å². The fraction of sp³-hybridized carbons (Fsp3) is 0.238. The number of anilines is 1. The average molecular weight is 397 g/mol. The van der Waals surface area contributed by atoms with Crippen molar-refractivity contribution in [2.45, 2.75) is 26.2 Å². The zero-order valence-corrected chi connectivity index (χ0v) is 16.1. The second kappa shape index (κ2) is 11.2. The van der Waals surface area contributed by atoms with Gasteiger partial charge in [-0.2, -0.15) is 0 Å². The minimum Gasteiger partial charge on any atom is -0.455 e. The van der Waals surface area contributed by atoms with Crippen LogP contribution in [-0.2, 0) is 19.1 Å². The van der Waals surface area contributed by atoms with Gasteiger partial charge in [-0.1, -0.05) is 36.4 Å². The Balaban J connectivity index is 1.59. The Morgan fingerprint density at radius 1 is 0.828 bits per heavy atom. The van der Waals surface area contributed by atoms with Gasteiger partial charge in [0.1, 0.15) is 0 Å². The van der Waals surface area contributed by atoms with Crippen molar-refractivity contribution in [2.24, 2.45) is 0 Å². The Labute approximate surface area is 168 Å². The Hall–Kier alpha value is -3.68. The number of carbonyl (C=O) groups is 4. The average Bonchev–Trinajstić information content (AvgIpc) is 2.72. The van der Waals surface area contributed by atoms with Gasteiger partial charge >= 0.3 is 5.97 Å². The van der Waals surface area contributed by atoms with Crippen LogP contribution in [0.3, 0.4) is 0 Å². The minimum atomic E-state index is -0.667. The molecule has 2 aromatic rings. The first-order valence-corrected chi connectivity index (χ1v) is 9.11. The van der Waals surface area contributed by atoms with Gasteiger partial charge in [0.25, 0.3) is 11.8 Å². The van der Waals surface area contributed by atoms with E-state index in [1.54, 1.807) is 36.4 Å². The van der Waals surface area contributed by atoms with Gasteiger partial charge in [0.15, 0.2) is 6.61 Å². The third kappa shape index (κ3) is 7.84. The predicted molar refractivity (Wildman–Crippen MR) is 107 cm³/mol. The molecule has 0 heterocycles. The summed E-state index contributed by atoms with van der Waals surface area (Å²) in [7, 11) is 0. The Morgan fingerprint density at radius 3 is 2.24 bits per heavy atom. The smallest absolute Gasteiger partial charge is 0.306 e. The fourth-order valence-electron chi connectivity index (χ4n) is 2.36. The molecule has 0 spiro atoms. The Bertz CT molecular complexity index is 868. The van der Waals surface area contributed by atoms with Crippen LogP contribution < -0.4 is 16.2 Å². The van der Waals surface area contributed by atoms with Crippen LogP contribution in [-0.4, -0.2) is 30.3 Å². The van der Waals surface area contributed by atoms with E-state index in [-0.39, 0.29) is 18.7 Å². The number of para-hydroxylation sites is 1. The highest BCUT2D eigenvalue weighted by Gasteiger charge is 2.11. The van der Waals surface area contributed by atoms with Crippen molar-refractivity contribution >= 4 is 29.4 Å². The van der Waals surface area contributed by atoms with Crippen molar-refractivity contribution in [2.75, 3.05) is 11.9 Å². The summed E-state index contributed by atoms with van der Waals surface area (Å²) in [6.07, 6.45) is 0.455. The van der Waals surface area contributed by atoms with Crippen LogP contribution >= 0.6 is 0 Å². The summed E-state index contributed by atoms with van der Waals surface area (Å²) in [6, 6.07) is 15.7. The maximum atomic E-state index is 11.9. The molecule has 0 saturated heterocycles. The van der Waals surface area contributed by atoms with Crippen LogP contribution in [0.4, 0.5) is 5.69 Å². The first-order valence-electron chi connectivity index (χ1n) is 9.11. The summed E-state index contributed by atoms with van der Waals surface area (Å²) < 4.78 is 4.83. The van der Waals surface area contributed by atoms with Gasteiger partial charge in [-0.05, 0) is 37.1 Å². The molecule has 0 aliphatic rings. The monoisotopic (exact) mass is 397 g/mol. The molecule has 3 N–H and O–H groups in total. The number of esters is 1. The summed E-state index contributed by atoms with van der Waals surface area (Å²) in [4.78, 5) is 47.0. The Kier molecular flexibility index (Phi) is 8.37. The molecule has 0 aliphatic carbocycles. The SMILES string of the molecule is Cc1ccccc1NC(=O)CCCC(=O)OCC(=O)NNC(=O)c1ccccc1. The highest BCUT2D eigenvalue weighted by Crippen LogP contribution is 2.13. The van der Waals surface area contributed by atoms with E-state index in [0.717, 1.165) is 11.3 Å². The molecule has 0 atom stereocenters. The van der Waals surface area contributed by atoms with Gasteiger partial charge in [-0.15, -0.1) is 0 Å². The van der Waals surface area contributed by atoms with E-state index in [2.05, 4.69) is 16.2 Å². The van der Waals surface area contributed by atoms with Gasteiger partial charge in [-0.3, -0.25) is 30.0 Å². The molecule has 2 rings (SSSR count). The van der Waals surface area contributed by atoms with Crippen LogP contribution in [0.2, 0.25) is 0 Å². The number of hydrazine groups is 1. The number of benzene rings is 2. The molecular formula is C21H23N3O5. The molecule has 0 saturated carbocycles. The van der Waals surface area contributed by atoms with E-state index in [0.29, 0.717) is 12.0 Å². The van der Waals surface area contributed by atoms with Crippen molar-refractivity contribution in [3.8, 4) is 0 Å². The first-order chi connectivity index (χ1) is 14.0. The third-order valence-corrected chi connectivity index (χ3v) is 3.92. The molecule has 3 amide bonds. The maximum Gasteiger partial charge on any atom is 0.306 e. The van der Waals surface area contributed by atoms with Crippen LogP contribution in [0.5, 0.6) is 0 Å². The molecule has 0 aromatic heterocycles. The number of nitrogens with one attached hydrogen (secondary N) is 3. The molecule has 8 nitrogen and oxygen atoms in total. The van der Waals surface area contributed by atoms with Gasteiger partial charge < -0.3 is 10.1 Å². The number of ether oxygens (including phenoxy) is 1. The van der Waals surface area contributed by atoms with Gasteiger partial charge in [0, 0.05) is 24.1 Å². The predicted octanol–water partition coefficient (Wildman–Crippen LogP) is 2.11.